The minimum absolute atomic E-state index is 0.0354. The lowest BCUT2D eigenvalue weighted by atomic mass is 10.0. The van der Waals surface area contributed by atoms with E-state index in [4.69, 9.17) is 16.1 Å². The van der Waals surface area contributed by atoms with Crippen molar-refractivity contribution in [2.75, 3.05) is 6.54 Å². The Morgan fingerprint density at radius 1 is 1.27 bits per heavy atom. The summed E-state index contributed by atoms with van der Waals surface area (Å²) in [4.78, 5) is 15.0. The summed E-state index contributed by atoms with van der Waals surface area (Å²) in [7, 11) is 0. The zero-order valence-electron chi connectivity index (χ0n) is 16.8. The van der Waals surface area contributed by atoms with Crippen LogP contribution in [0, 0.1) is 13.8 Å². The van der Waals surface area contributed by atoms with Crippen LogP contribution in [0.1, 0.15) is 28.1 Å². The van der Waals surface area contributed by atoms with Crippen LogP contribution in [0.25, 0.3) is 22.2 Å². The van der Waals surface area contributed by atoms with E-state index in [1.807, 2.05) is 49.1 Å². The van der Waals surface area contributed by atoms with Gasteiger partial charge in [0.05, 0.1) is 12.1 Å². The first kappa shape index (κ1) is 18.9. The number of rotatable bonds is 3. The third-order valence-corrected chi connectivity index (χ3v) is 5.92. The fourth-order valence-electron chi connectivity index (χ4n) is 4.20. The standard InChI is InChI=1S/C23H21ClN4O2/c1-13-8-14(2)23-17(9-13)20(27-30-23)11-21(29)28-7-6-19-18(12-28)22(26-25-19)15-4-3-5-16(24)10-15/h3-5,8-10H,6-7,11-12H2,1-2H3,(H,25,26). The molecular formula is C23H21ClN4O2. The fourth-order valence-corrected chi connectivity index (χ4v) is 4.40. The van der Waals surface area contributed by atoms with Crippen molar-refractivity contribution in [3.05, 3.63) is 69.5 Å². The molecule has 0 saturated carbocycles. The highest BCUT2D eigenvalue weighted by Gasteiger charge is 2.27. The first-order valence-corrected chi connectivity index (χ1v) is 10.3. The van der Waals surface area contributed by atoms with Gasteiger partial charge in [0.1, 0.15) is 5.69 Å². The zero-order chi connectivity index (χ0) is 20.8. The van der Waals surface area contributed by atoms with Crippen molar-refractivity contribution in [2.24, 2.45) is 0 Å². The highest BCUT2D eigenvalue weighted by atomic mass is 35.5. The summed E-state index contributed by atoms with van der Waals surface area (Å²) in [5.41, 5.74) is 7.52. The van der Waals surface area contributed by atoms with Crippen LogP contribution in [-0.2, 0) is 24.2 Å². The third-order valence-electron chi connectivity index (χ3n) is 5.68. The molecule has 0 radical (unpaired) electrons. The lowest BCUT2D eigenvalue weighted by Crippen LogP contribution is -2.37. The highest BCUT2D eigenvalue weighted by molar-refractivity contribution is 6.30. The van der Waals surface area contributed by atoms with Gasteiger partial charge in [0.2, 0.25) is 5.91 Å². The summed E-state index contributed by atoms with van der Waals surface area (Å²) in [6, 6.07) is 11.7. The summed E-state index contributed by atoms with van der Waals surface area (Å²) >= 11 is 6.16. The number of carbonyl (C=O) groups is 1. The monoisotopic (exact) mass is 420 g/mol. The Morgan fingerprint density at radius 2 is 2.13 bits per heavy atom. The van der Waals surface area contributed by atoms with Crippen LogP contribution in [-0.4, -0.2) is 32.7 Å². The Kier molecular flexibility index (Phi) is 4.59. The molecule has 152 valence electrons. The van der Waals surface area contributed by atoms with Crippen LogP contribution < -0.4 is 0 Å². The fraction of sp³-hybridized carbons (Fsp3) is 0.261. The number of hydrogen-bond acceptors (Lipinski definition) is 4. The van der Waals surface area contributed by atoms with Crippen molar-refractivity contribution in [1.82, 2.24) is 20.3 Å². The van der Waals surface area contributed by atoms with Crippen LogP contribution in [0.3, 0.4) is 0 Å². The van der Waals surface area contributed by atoms with E-state index in [-0.39, 0.29) is 12.3 Å². The van der Waals surface area contributed by atoms with Gasteiger partial charge in [-0.1, -0.05) is 35.0 Å². The second-order valence-corrected chi connectivity index (χ2v) is 8.31. The van der Waals surface area contributed by atoms with Crippen LogP contribution in [0.2, 0.25) is 5.02 Å². The van der Waals surface area contributed by atoms with E-state index in [0.29, 0.717) is 23.8 Å². The number of nitrogens with one attached hydrogen (secondary N) is 1. The Bertz CT molecular complexity index is 1270. The van der Waals surface area contributed by atoms with E-state index in [0.717, 1.165) is 51.0 Å². The van der Waals surface area contributed by atoms with Gasteiger partial charge in [-0.15, -0.1) is 0 Å². The molecule has 1 amide bonds. The number of hydrogen-bond donors (Lipinski definition) is 1. The number of halogens is 1. The SMILES string of the molecule is Cc1cc(C)c2onc(CC(=O)N3CCc4[nH]nc(-c5cccc(Cl)c5)c4C3)c2c1. The lowest BCUT2D eigenvalue weighted by Gasteiger charge is -2.27. The Hall–Kier alpha value is -3.12. The largest absolute Gasteiger partial charge is 0.356 e. The number of aromatic amines is 1. The molecule has 2 aromatic carbocycles. The van der Waals surface area contributed by atoms with E-state index in [9.17, 15) is 4.79 Å². The van der Waals surface area contributed by atoms with Gasteiger partial charge >= 0.3 is 0 Å². The third kappa shape index (κ3) is 3.27. The molecule has 30 heavy (non-hydrogen) atoms. The predicted octanol–water partition coefficient (Wildman–Crippen LogP) is 4.62. The van der Waals surface area contributed by atoms with Gasteiger partial charge in [-0.2, -0.15) is 5.10 Å². The van der Waals surface area contributed by atoms with E-state index in [2.05, 4.69) is 21.4 Å². The van der Waals surface area contributed by atoms with Gasteiger partial charge in [-0.05, 0) is 43.2 Å². The number of H-pyrrole nitrogens is 1. The number of carbonyl (C=O) groups excluding carboxylic acids is 1. The number of nitrogens with zero attached hydrogens (tertiary/aromatic N) is 3. The maximum atomic E-state index is 13.1. The van der Waals surface area contributed by atoms with E-state index in [1.165, 1.54) is 0 Å². The molecule has 0 bridgehead atoms. The lowest BCUT2D eigenvalue weighted by molar-refractivity contribution is -0.131. The normalized spacial score (nSPS) is 13.6. The molecule has 1 aliphatic heterocycles. The van der Waals surface area contributed by atoms with E-state index < -0.39 is 0 Å². The number of fused-ring (bicyclic) bond motifs is 2. The smallest absolute Gasteiger partial charge is 0.229 e. The van der Waals surface area contributed by atoms with Crippen molar-refractivity contribution in [3.8, 4) is 11.3 Å². The number of benzene rings is 2. The predicted molar refractivity (Wildman–Crippen MR) is 115 cm³/mol. The van der Waals surface area contributed by atoms with Gasteiger partial charge in [-0.3, -0.25) is 9.89 Å². The molecule has 0 atom stereocenters. The first-order chi connectivity index (χ1) is 14.5. The second-order valence-electron chi connectivity index (χ2n) is 7.87. The molecule has 4 aromatic rings. The average molecular weight is 421 g/mol. The molecule has 0 spiro atoms. The Labute approximate surface area is 178 Å². The molecule has 6 nitrogen and oxygen atoms in total. The molecule has 0 saturated heterocycles. The van der Waals surface area contributed by atoms with Crippen molar-refractivity contribution in [2.45, 2.75) is 33.2 Å². The Balaban J connectivity index is 1.40. The van der Waals surface area contributed by atoms with Crippen molar-refractivity contribution in [1.29, 1.82) is 0 Å². The van der Waals surface area contributed by atoms with Crippen LogP contribution >= 0.6 is 11.6 Å². The maximum Gasteiger partial charge on any atom is 0.229 e. The van der Waals surface area contributed by atoms with E-state index in [1.54, 1.807) is 0 Å². The van der Waals surface area contributed by atoms with E-state index >= 15 is 0 Å². The van der Waals surface area contributed by atoms with Gasteiger partial charge < -0.3 is 9.42 Å². The molecule has 0 fully saturated rings. The molecule has 0 unspecified atom stereocenters. The molecule has 1 aliphatic rings. The van der Waals surface area contributed by atoms with Crippen LogP contribution in [0.4, 0.5) is 0 Å². The van der Waals surface area contributed by atoms with Gasteiger partial charge in [0.25, 0.3) is 0 Å². The Morgan fingerprint density at radius 3 is 2.97 bits per heavy atom. The number of aryl methyl sites for hydroxylation is 2. The summed E-state index contributed by atoms with van der Waals surface area (Å²) in [6.07, 6.45) is 0.960. The molecular weight excluding hydrogens is 400 g/mol. The quantitative estimate of drug-likeness (QED) is 0.525. The van der Waals surface area contributed by atoms with Gasteiger partial charge in [-0.25, -0.2) is 0 Å². The minimum Gasteiger partial charge on any atom is -0.356 e. The maximum absolute atomic E-state index is 13.1. The van der Waals surface area contributed by atoms with Gasteiger partial charge in [0.15, 0.2) is 5.58 Å². The topological polar surface area (TPSA) is 75.0 Å². The second kappa shape index (κ2) is 7.29. The van der Waals surface area contributed by atoms with Gasteiger partial charge in [0, 0.05) is 46.7 Å². The minimum atomic E-state index is 0.0354. The molecule has 7 heteroatoms. The van der Waals surface area contributed by atoms with Crippen molar-refractivity contribution < 1.29 is 9.32 Å². The molecule has 0 aliphatic carbocycles. The number of aromatic nitrogens is 3. The average Bonchev–Trinajstić information content (AvgIpc) is 3.32. The molecule has 5 rings (SSSR count). The van der Waals surface area contributed by atoms with Crippen molar-refractivity contribution in [3.63, 3.8) is 0 Å². The summed E-state index contributed by atoms with van der Waals surface area (Å²) in [6.45, 7) is 5.19. The molecule has 2 aromatic heterocycles. The summed E-state index contributed by atoms with van der Waals surface area (Å²) in [5, 5.41) is 13.4. The van der Waals surface area contributed by atoms with Crippen LogP contribution in [0.5, 0.6) is 0 Å². The summed E-state index contributed by atoms with van der Waals surface area (Å²) in [5.74, 6) is 0.0354. The molecule has 3 heterocycles. The first-order valence-electron chi connectivity index (χ1n) is 9.95. The zero-order valence-corrected chi connectivity index (χ0v) is 17.6. The van der Waals surface area contributed by atoms with Crippen LogP contribution in [0.15, 0.2) is 40.9 Å². The summed E-state index contributed by atoms with van der Waals surface area (Å²) < 4.78 is 5.51. The molecule has 1 N–H and O–H groups in total. The van der Waals surface area contributed by atoms with Crippen molar-refractivity contribution >= 4 is 28.5 Å². The highest BCUT2D eigenvalue weighted by Crippen LogP contribution is 2.30. The number of amides is 1.